The van der Waals surface area contributed by atoms with Gasteiger partial charge in [-0.1, -0.05) is 44.2 Å². The molecule has 0 saturated carbocycles. The molecular formula is C20H21N3O2. The minimum Gasteiger partial charge on any atom is -0.294 e. The van der Waals surface area contributed by atoms with E-state index in [1.54, 1.807) is 13.0 Å². The average molecular weight is 335 g/mol. The minimum atomic E-state index is -0.301. The van der Waals surface area contributed by atoms with Crippen molar-refractivity contribution < 1.29 is 9.59 Å². The highest BCUT2D eigenvalue weighted by Gasteiger charge is 2.33. The van der Waals surface area contributed by atoms with E-state index in [1.165, 1.54) is 6.08 Å². The molecule has 3 rings (SSSR count). The molecule has 0 spiro atoms. The Balaban J connectivity index is 1.80. The van der Waals surface area contributed by atoms with Crippen LogP contribution in [0.5, 0.6) is 0 Å². The van der Waals surface area contributed by atoms with E-state index in [-0.39, 0.29) is 23.1 Å². The number of fused-ring (bicyclic) bond motifs is 1. The van der Waals surface area contributed by atoms with Gasteiger partial charge in [0.15, 0.2) is 5.78 Å². The lowest BCUT2D eigenvalue weighted by Crippen LogP contribution is -2.29. The maximum absolute atomic E-state index is 12.3. The normalized spacial score (nSPS) is 15.9. The molecule has 1 aliphatic carbocycles. The second kappa shape index (κ2) is 6.59. The number of hydrogen-bond acceptors (Lipinski definition) is 4. The van der Waals surface area contributed by atoms with Gasteiger partial charge in [-0.15, -0.1) is 0 Å². The first kappa shape index (κ1) is 17.0. The molecule has 0 saturated heterocycles. The molecule has 128 valence electrons. The molecule has 1 aromatic carbocycles. The van der Waals surface area contributed by atoms with Gasteiger partial charge in [0.1, 0.15) is 0 Å². The number of nitrogens with zero attached hydrogens (tertiary/aromatic N) is 2. The SMILES string of the molecule is Cc1nc(NC(=O)/C=C/c2ccccc2)nc2c1C(=O)CC(C)(C)C2. The number of amides is 1. The molecule has 5 nitrogen and oxygen atoms in total. The summed E-state index contributed by atoms with van der Waals surface area (Å²) in [6, 6.07) is 9.57. The predicted molar refractivity (Wildman–Crippen MR) is 97.3 cm³/mol. The quantitative estimate of drug-likeness (QED) is 0.870. The Bertz CT molecular complexity index is 855. The molecule has 0 aliphatic heterocycles. The smallest absolute Gasteiger partial charge is 0.250 e. The first-order chi connectivity index (χ1) is 11.8. The lowest BCUT2D eigenvalue weighted by Gasteiger charge is -2.30. The van der Waals surface area contributed by atoms with Crippen molar-refractivity contribution in [1.29, 1.82) is 0 Å². The van der Waals surface area contributed by atoms with Crippen LogP contribution in [0.15, 0.2) is 36.4 Å². The molecular weight excluding hydrogens is 314 g/mol. The highest BCUT2D eigenvalue weighted by molar-refractivity contribution is 6.02. The fraction of sp³-hybridized carbons (Fsp3) is 0.300. The molecule has 25 heavy (non-hydrogen) atoms. The second-order valence-electron chi connectivity index (χ2n) is 7.13. The molecule has 1 amide bonds. The van der Waals surface area contributed by atoms with Crippen molar-refractivity contribution >= 4 is 23.7 Å². The van der Waals surface area contributed by atoms with E-state index in [9.17, 15) is 9.59 Å². The van der Waals surface area contributed by atoms with Gasteiger partial charge < -0.3 is 0 Å². The molecule has 5 heteroatoms. The Hall–Kier alpha value is -2.82. The van der Waals surface area contributed by atoms with Crippen LogP contribution in [-0.4, -0.2) is 21.7 Å². The van der Waals surface area contributed by atoms with Gasteiger partial charge in [-0.05, 0) is 30.4 Å². The van der Waals surface area contributed by atoms with E-state index in [0.29, 0.717) is 24.1 Å². The summed E-state index contributed by atoms with van der Waals surface area (Å²) in [5.41, 5.74) is 2.76. The third-order valence-corrected chi connectivity index (χ3v) is 4.19. The van der Waals surface area contributed by atoms with Crippen LogP contribution in [0.25, 0.3) is 6.08 Å². The molecule has 1 N–H and O–H groups in total. The van der Waals surface area contributed by atoms with Crippen LogP contribution in [0.1, 0.15) is 47.6 Å². The number of carbonyl (C=O) groups excluding carboxylic acids is 2. The van der Waals surface area contributed by atoms with Gasteiger partial charge >= 0.3 is 0 Å². The summed E-state index contributed by atoms with van der Waals surface area (Å²) in [5, 5.41) is 2.69. The maximum atomic E-state index is 12.3. The average Bonchev–Trinajstić information content (AvgIpc) is 2.51. The van der Waals surface area contributed by atoms with Gasteiger partial charge in [-0.2, -0.15) is 0 Å². The van der Waals surface area contributed by atoms with Crippen LogP contribution in [0.3, 0.4) is 0 Å². The molecule has 0 atom stereocenters. The Kier molecular flexibility index (Phi) is 4.49. The predicted octanol–water partition coefficient (Wildman–Crippen LogP) is 3.59. The number of nitrogens with one attached hydrogen (secondary N) is 1. The molecule has 1 aromatic heterocycles. The molecule has 0 fully saturated rings. The van der Waals surface area contributed by atoms with E-state index in [2.05, 4.69) is 15.3 Å². The number of hydrogen-bond donors (Lipinski definition) is 1. The summed E-state index contributed by atoms with van der Waals surface area (Å²) in [5.74, 6) is 0.0136. The van der Waals surface area contributed by atoms with Crippen molar-refractivity contribution in [2.45, 2.75) is 33.6 Å². The summed E-state index contributed by atoms with van der Waals surface area (Å²) >= 11 is 0. The molecule has 2 aromatic rings. The lowest BCUT2D eigenvalue weighted by molar-refractivity contribution is -0.111. The van der Waals surface area contributed by atoms with Gasteiger partial charge in [0, 0.05) is 12.5 Å². The highest BCUT2D eigenvalue weighted by Crippen LogP contribution is 2.35. The monoisotopic (exact) mass is 335 g/mol. The summed E-state index contributed by atoms with van der Waals surface area (Å²) in [6.45, 7) is 5.88. The molecule has 0 radical (unpaired) electrons. The zero-order valence-corrected chi connectivity index (χ0v) is 14.7. The highest BCUT2D eigenvalue weighted by atomic mass is 16.1. The number of benzene rings is 1. The first-order valence-electron chi connectivity index (χ1n) is 8.29. The van der Waals surface area contributed by atoms with Gasteiger partial charge in [-0.25, -0.2) is 9.97 Å². The number of aryl methyl sites for hydroxylation is 1. The third-order valence-electron chi connectivity index (χ3n) is 4.19. The first-order valence-corrected chi connectivity index (χ1v) is 8.29. The maximum Gasteiger partial charge on any atom is 0.250 e. The van der Waals surface area contributed by atoms with Crippen molar-refractivity contribution in [1.82, 2.24) is 9.97 Å². The fourth-order valence-corrected chi connectivity index (χ4v) is 3.11. The van der Waals surface area contributed by atoms with Crippen molar-refractivity contribution in [3.05, 3.63) is 58.9 Å². The van der Waals surface area contributed by atoms with Crippen molar-refractivity contribution in [2.75, 3.05) is 5.32 Å². The number of rotatable bonds is 3. The van der Waals surface area contributed by atoms with E-state index in [1.807, 2.05) is 44.2 Å². The largest absolute Gasteiger partial charge is 0.294 e. The van der Waals surface area contributed by atoms with E-state index < -0.39 is 0 Å². The zero-order valence-electron chi connectivity index (χ0n) is 14.7. The zero-order chi connectivity index (χ0) is 18.0. The topological polar surface area (TPSA) is 72.0 Å². The Labute approximate surface area is 147 Å². The number of aromatic nitrogens is 2. The van der Waals surface area contributed by atoms with Crippen LogP contribution >= 0.6 is 0 Å². The Morgan fingerprint density at radius 2 is 1.88 bits per heavy atom. The summed E-state index contributed by atoms with van der Waals surface area (Å²) in [4.78, 5) is 33.1. The Morgan fingerprint density at radius 1 is 1.16 bits per heavy atom. The number of carbonyl (C=O) groups is 2. The Morgan fingerprint density at radius 3 is 2.60 bits per heavy atom. The number of ketones is 1. The fourth-order valence-electron chi connectivity index (χ4n) is 3.11. The molecule has 0 unspecified atom stereocenters. The standard InChI is InChI=1S/C20H21N3O2/c1-13-18-15(11-20(2,3)12-16(18)24)22-19(21-13)23-17(25)10-9-14-7-5-4-6-8-14/h4-10H,11-12H2,1-3H3,(H,21,22,23,25)/b10-9+. The lowest BCUT2D eigenvalue weighted by atomic mass is 9.75. The second-order valence-corrected chi connectivity index (χ2v) is 7.13. The molecule has 0 bridgehead atoms. The molecule has 1 heterocycles. The van der Waals surface area contributed by atoms with Gasteiger partial charge in [0.2, 0.25) is 5.95 Å². The van der Waals surface area contributed by atoms with Crippen LogP contribution < -0.4 is 5.32 Å². The van der Waals surface area contributed by atoms with Crippen molar-refractivity contribution in [3.63, 3.8) is 0 Å². The van der Waals surface area contributed by atoms with Crippen LogP contribution in [0.2, 0.25) is 0 Å². The van der Waals surface area contributed by atoms with Crippen molar-refractivity contribution in [2.24, 2.45) is 5.41 Å². The summed E-state index contributed by atoms with van der Waals surface area (Å²) in [7, 11) is 0. The summed E-state index contributed by atoms with van der Waals surface area (Å²) < 4.78 is 0. The van der Waals surface area contributed by atoms with Gasteiger partial charge in [-0.3, -0.25) is 14.9 Å². The van der Waals surface area contributed by atoms with Crippen LogP contribution in [-0.2, 0) is 11.2 Å². The van der Waals surface area contributed by atoms with Crippen LogP contribution in [0, 0.1) is 12.3 Å². The van der Waals surface area contributed by atoms with E-state index >= 15 is 0 Å². The number of Topliss-reactive ketones (excluding diaryl/α,β-unsaturated/α-hetero) is 1. The summed E-state index contributed by atoms with van der Waals surface area (Å²) in [6.07, 6.45) is 4.37. The van der Waals surface area contributed by atoms with Crippen LogP contribution in [0.4, 0.5) is 5.95 Å². The minimum absolute atomic E-state index is 0.0746. The van der Waals surface area contributed by atoms with E-state index in [4.69, 9.17) is 0 Å². The van der Waals surface area contributed by atoms with Gasteiger partial charge in [0.25, 0.3) is 5.91 Å². The van der Waals surface area contributed by atoms with Crippen molar-refractivity contribution in [3.8, 4) is 0 Å². The third kappa shape index (κ3) is 3.99. The number of anilines is 1. The van der Waals surface area contributed by atoms with Gasteiger partial charge in [0.05, 0.1) is 17.0 Å². The van der Waals surface area contributed by atoms with E-state index in [0.717, 1.165) is 11.3 Å². The molecule has 1 aliphatic rings.